The van der Waals surface area contributed by atoms with Crippen LogP contribution in [0.3, 0.4) is 0 Å². The highest BCUT2D eigenvalue weighted by molar-refractivity contribution is 7.10. The summed E-state index contributed by atoms with van der Waals surface area (Å²) in [7, 11) is 0. The van der Waals surface area contributed by atoms with E-state index in [1.54, 1.807) is 6.07 Å². The summed E-state index contributed by atoms with van der Waals surface area (Å²) in [6, 6.07) is 1.73. The van der Waals surface area contributed by atoms with E-state index in [0.717, 1.165) is 12.8 Å². The van der Waals surface area contributed by atoms with Crippen molar-refractivity contribution >= 4 is 22.9 Å². The van der Waals surface area contributed by atoms with Crippen molar-refractivity contribution in [3.05, 3.63) is 21.3 Å². The number of hydrogen-bond donors (Lipinski definition) is 1. The molecule has 0 bridgehead atoms. The number of hydrogen-bond acceptors (Lipinski definition) is 2. The zero-order valence-corrected chi connectivity index (χ0v) is 8.67. The van der Waals surface area contributed by atoms with E-state index in [1.807, 2.05) is 5.38 Å². The number of nitrogens with two attached hydrogens (primary N) is 1. The van der Waals surface area contributed by atoms with Crippen LogP contribution in [-0.2, 0) is 5.67 Å². The Hall–Kier alpha value is -0.120. The maximum atomic E-state index is 14.3. The van der Waals surface area contributed by atoms with Crippen molar-refractivity contribution < 1.29 is 4.39 Å². The minimum atomic E-state index is -1.37. The van der Waals surface area contributed by atoms with E-state index >= 15 is 0 Å². The minimum Gasteiger partial charge on any atom is -0.327 e. The van der Waals surface area contributed by atoms with Crippen LogP contribution in [-0.4, -0.2) is 6.54 Å². The van der Waals surface area contributed by atoms with Gasteiger partial charge in [0.1, 0.15) is 0 Å². The molecule has 0 amide bonds. The van der Waals surface area contributed by atoms with Crippen LogP contribution in [0.1, 0.15) is 17.7 Å². The van der Waals surface area contributed by atoms with Gasteiger partial charge in [-0.3, -0.25) is 0 Å². The van der Waals surface area contributed by atoms with Crippen molar-refractivity contribution in [3.63, 3.8) is 0 Å². The van der Waals surface area contributed by atoms with Crippen molar-refractivity contribution in [3.8, 4) is 0 Å². The van der Waals surface area contributed by atoms with Crippen LogP contribution in [0.15, 0.2) is 11.4 Å². The first-order chi connectivity index (χ1) is 6.18. The fourth-order valence-corrected chi connectivity index (χ4v) is 2.97. The number of halogens is 2. The number of alkyl halides is 1. The minimum absolute atomic E-state index is 0.0396. The van der Waals surface area contributed by atoms with Gasteiger partial charge < -0.3 is 5.73 Å². The van der Waals surface area contributed by atoms with Gasteiger partial charge >= 0.3 is 0 Å². The van der Waals surface area contributed by atoms with Gasteiger partial charge in [-0.1, -0.05) is 11.6 Å². The lowest BCUT2D eigenvalue weighted by molar-refractivity contribution is 0.148. The van der Waals surface area contributed by atoms with Crippen LogP contribution in [0.2, 0.25) is 5.02 Å². The fourth-order valence-electron chi connectivity index (χ4n) is 1.58. The molecule has 1 aliphatic rings. The largest absolute Gasteiger partial charge is 0.327 e. The quantitative estimate of drug-likeness (QED) is 0.831. The predicted molar refractivity (Wildman–Crippen MR) is 53.9 cm³/mol. The smallest absolute Gasteiger partial charge is 0.161 e. The summed E-state index contributed by atoms with van der Waals surface area (Å²) in [5.41, 5.74) is 4.11. The van der Waals surface area contributed by atoms with Gasteiger partial charge in [-0.05, 0) is 30.2 Å². The maximum Gasteiger partial charge on any atom is 0.161 e. The first kappa shape index (κ1) is 9.44. The molecule has 1 aromatic heterocycles. The van der Waals surface area contributed by atoms with Gasteiger partial charge in [0.05, 0.1) is 9.90 Å². The first-order valence-electron chi connectivity index (χ1n) is 4.31. The molecule has 1 unspecified atom stereocenters. The summed E-state index contributed by atoms with van der Waals surface area (Å²) >= 11 is 7.25. The molecule has 0 radical (unpaired) electrons. The van der Waals surface area contributed by atoms with E-state index in [4.69, 9.17) is 17.3 Å². The van der Waals surface area contributed by atoms with Gasteiger partial charge in [0.2, 0.25) is 0 Å². The van der Waals surface area contributed by atoms with Crippen molar-refractivity contribution in [2.75, 3.05) is 6.54 Å². The molecule has 0 spiro atoms. The van der Waals surface area contributed by atoms with Gasteiger partial charge in [0.15, 0.2) is 5.67 Å². The summed E-state index contributed by atoms with van der Waals surface area (Å²) in [5, 5.41) is 2.33. The molecule has 0 saturated heterocycles. The zero-order valence-electron chi connectivity index (χ0n) is 7.09. The van der Waals surface area contributed by atoms with Crippen molar-refractivity contribution in [2.45, 2.75) is 18.5 Å². The standard InChI is InChI=1S/C9H11ClFNS/c10-7-3-4-13-8(7)9(11,5-12)6-1-2-6/h3-4,6H,1-2,5,12H2. The van der Waals surface area contributed by atoms with E-state index < -0.39 is 5.67 Å². The lowest BCUT2D eigenvalue weighted by Gasteiger charge is -2.22. The molecule has 1 atom stereocenters. The molecule has 1 saturated carbocycles. The first-order valence-corrected chi connectivity index (χ1v) is 5.56. The van der Waals surface area contributed by atoms with Gasteiger partial charge in [-0.2, -0.15) is 0 Å². The van der Waals surface area contributed by atoms with Crippen molar-refractivity contribution in [1.29, 1.82) is 0 Å². The summed E-state index contributed by atoms with van der Waals surface area (Å²) in [6.45, 7) is 0.0396. The molecular formula is C9H11ClFNS. The Kier molecular flexibility index (Phi) is 2.34. The normalized spacial score (nSPS) is 21.5. The third kappa shape index (κ3) is 1.49. The van der Waals surface area contributed by atoms with Crippen LogP contribution in [0.4, 0.5) is 4.39 Å². The van der Waals surface area contributed by atoms with Gasteiger partial charge in [0, 0.05) is 6.54 Å². The van der Waals surface area contributed by atoms with Crippen LogP contribution in [0.25, 0.3) is 0 Å². The molecule has 13 heavy (non-hydrogen) atoms. The zero-order chi connectivity index (χ0) is 9.47. The molecule has 1 aromatic rings. The third-order valence-electron chi connectivity index (χ3n) is 2.52. The SMILES string of the molecule is NCC(F)(c1sccc1Cl)C1CC1. The third-order valence-corrected chi connectivity index (χ3v) is 4.01. The summed E-state index contributed by atoms with van der Waals surface area (Å²) in [6.07, 6.45) is 1.86. The monoisotopic (exact) mass is 219 g/mol. The molecular weight excluding hydrogens is 209 g/mol. The highest BCUT2D eigenvalue weighted by atomic mass is 35.5. The molecule has 72 valence electrons. The fraction of sp³-hybridized carbons (Fsp3) is 0.556. The molecule has 1 nitrogen and oxygen atoms in total. The second-order valence-electron chi connectivity index (χ2n) is 3.44. The number of thiophene rings is 1. The van der Waals surface area contributed by atoms with E-state index in [0.29, 0.717) is 9.90 Å². The molecule has 2 N–H and O–H groups in total. The second-order valence-corrected chi connectivity index (χ2v) is 4.76. The van der Waals surface area contributed by atoms with Crippen LogP contribution in [0, 0.1) is 5.92 Å². The van der Waals surface area contributed by atoms with E-state index in [-0.39, 0.29) is 12.5 Å². The Labute approximate surface area is 85.7 Å². The molecule has 1 aliphatic carbocycles. The molecule has 4 heteroatoms. The van der Waals surface area contributed by atoms with Gasteiger partial charge in [0.25, 0.3) is 0 Å². The van der Waals surface area contributed by atoms with Crippen molar-refractivity contribution in [2.24, 2.45) is 11.7 Å². The Morgan fingerprint density at radius 1 is 1.69 bits per heavy atom. The average molecular weight is 220 g/mol. The average Bonchev–Trinajstić information content (AvgIpc) is 2.89. The predicted octanol–water partition coefficient (Wildman–Crippen LogP) is 2.94. The molecule has 1 fully saturated rings. The highest BCUT2D eigenvalue weighted by Gasteiger charge is 2.48. The van der Waals surface area contributed by atoms with E-state index in [2.05, 4.69) is 0 Å². The maximum absolute atomic E-state index is 14.3. The van der Waals surface area contributed by atoms with Crippen LogP contribution >= 0.6 is 22.9 Å². The van der Waals surface area contributed by atoms with Crippen LogP contribution in [0.5, 0.6) is 0 Å². The topological polar surface area (TPSA) is 26.0 Å². The summed E-state index contributed by atoms with van der Waals surface area (Å²) in [4.78, 5) is 0.610. The highest BCUT2D eigenvalue weighted by Crippen LogP contribution is 2.51. The van der Waals surface area contributed by atoms with Gasteiger partial charge in [-0.15, -0.1) is 11.3 Å². The van der Waals surface area contributed by atoms with Crippen molar-refractivity contribution in [1.82, 2.24) is 0 Å². The molecule has 1 heterocycles. The van der Waals surface area contributed by atoms with Gasteiger partial charge in [-0.25, -0.2) is 4.39 Å². The van der Waals surface area contributed by atoms with E-state index in [9.17, 15) is 4.39 Å². The Balaban J connectivity index is 2.35. The second kappa shape index (κ2) is 3.23. The van der Waals surface area contributed by atoms with E-state index in [1.165, 1.54) is 11.3 Å². The Bertz CT molecular complexity index is 310. The summed E-state index contributed by atoms with van der Waals surface area (Å²) in [5.74, 6) is 0.0913. The lowest BCUT2D eigenvalue weighted by atomic mass is 9.98. The molecule has 0 aromatic carbocycles. The Morgan fingerprint density at radius 2 is 2.38 bits per heavy atom. The number of rotatable bonds is 3. The Morgan fingerprint density at radius 3 is 2.77 bits per heavy atom. The van der Waals surface area contributed by atoms with Crippen LogP contribution < -0.4 is 5.73 Å². The molecule has 2 rings (SSSR count). The lowest BCUT2D eigenvalue weighted by Crippen LogP contribution is -2.31. The summed E-state index contributed by atoms with van der Waals surface area (Å²) < 4.78 is 14.3. The molecule has 0 aliphatic heterocycles.